The van der Waals surface area contributed by atoms with E-state index < -0.39 is 0 Å². The molecule has 0 unspecified atom stereocenters. The zero-order chi connectivity index (χ0) is 13.7. The lowest BCUT2D eigenvalue weighted by atomic mass is 10.2. The van der Waals surface area contributed by atoms with E-state index in [2.05, 4.69) is 11.1 Å². The van der Waals surface area contributed by atoms with Crippen molar-refractivity contribution in [1.29, 1.82) is 0 Å². The zero-order valence-corrected chi connectivity index (χ0v) is 11.8. The maximum Gasteiger partial charge on any atom is 0.191 e. The summed E-state index contributed by atoms with van der Waals surface area (Å²) in [6, 6.07) is 8.46. The summed E-state index contributed by atoms with van der Waals surface area (Å²) in [6.45, 7) is 0.749. The van der Waals surface area contributed by atoms with Crippen LogP contribution in [-0.4, -0.2) is 31.1 Å². The Labute approximate surface area is 115 Å². The maximum absolute atomic E-state index is 6.06. The van der Waals surface area contributed by atoms with E-state index in [1.807, 2.05) is 30.1 Å². The fraction of sp³-hybridized carbons (Fsp3) is 0.533. The minimum Gasteiger partial charge on any atom is -0.497 e. The van der Waals surface area contributed by atoms with Crippen molar-refractivity contribution in [1.82, 2.24) is 4.90 Å². The summed E-state index contributed by atoms with van der Waals surface area (Å²) < 4.78 is 5.22. The molecular formula is C15H23N3O. The Morgan fingerprint density at radius 3 is 2.84 bits per heavy atom. The van der Waals surface area contributed by atoms with Crippen LogP contribution in [0.3, 0.4) is 0 Å². The third-order valence-electron chi connectivity index (χ3n) is 3.58. The first kappa shape index (κ1) is 13.7. The van der Waals surface area contributed by atoms with E-state index in [-0.39, 0.29) is 0 Å². The molecule has 0 saturated heterocycles. The van der Waals surface area contributed by atoms with Gasteiger partial charge in [-0.2, -0.15) is 0 Å². The van der Waals surface area contributed by atoms with Crippen molar-refractivity contribution in [3.63, 3.8) is 0 Å². The second-order valence-electron chi connectivity index (χ2n) is 5.13. The van der Waals surface area contributed by atoms with Gasteiger partial charge in [-0.3, -0.25) is 0 Å². The standard InChI is InChI=1S/C15H23N3O/c1-18(15(16)17-13-7-3-4-8-13)11-12-6-5-9-14(10-12)19-2/h5-6,9-10,13H,3-4,7-8,11H2,1-2H3,(H2,16,17). The number of methoxy groups -OCH3 is 1. The quantitative estimate of drug-likeness (QED) is 0.669. The van der Waals surface area contributed by atoms with Crippen molar-refractivity contribution in [3.05, 3.63) is 29.8 Å². The SMILES string of the molecule is COc1cccc(CN(C)C(N)=NC2CCCC2)c1. The predicted molar refractivity (Wildman–Crippen MR) is 78.3 cm³/mol. The van der Waals surface area contributed by atoms with E-state index in [1.54, 1.807) is 7.11 Å². The van der Waals surface area contributed by atoms with Crippen LogP contribution >= 0.6 is 0 Å². The minimum absolute atomic E-state index is 0.424. The summed E-state index contributed by atoms with van der Waals surface area (Å²) in [7, 11) is 3.66. The average molecular weight is 261 g/mol. The van der Waals surface area contributed by atoms with Crippen molar-refractivity contribution in [2.45, 2.75) is 38.3 Å². The number of hydrogen-bond acceptors (Lipinski definition) is 2. The summed E-state index contributed by atoms with van der Waals surface area (Å²) in [5.74, 6) is 1.51. The molecule has 19 heavy (non-hydrogen) atoms. The van der Waals surface area contributed by atoms with Gasteiger partial charge in [-0.25, -0.2) is 4.99 Å². The van der Waals surface area contributed by atoms with Crippen molar-refractivity contribution < 1.29 is 4.74 Å². The molecule has 104 valence electrons. The van der Waals surface area contributed by atoms with Gasteiger partial charge >= 0.3 is 0 Å². The molecule has 1 aromatic rings. The summed E-state index contributed by atoms with van der Waals surface area (Å²) >= 11 is 0. The number of rotatable bonds is 4. The number of nitrogens with two attached hydrogens (primary N) is 1. The van der Waals surface area contributed by atoms with Crippen LogP contribution in [0.4, 0.5) is 0 Å². The van der Waals surface area contributed by atoms with Gasteiger partial charge in [0.15, 0.2) is 5.96 Å². The highest BCUT2D eigenvalue weighted by Crippen LogP contribution is 2.21. The maximum atomic E-state index is 6.06. The lowest BCUT2D eigenvalue weighted by Gasteiger charge is -2.19. The Hall–Kier alpha value is -1.71. The van der Waals surface area contributed by atoms with Gasteiger partial charge in [0.25, 0.3) is 0 Å². The smallest absolute Gasteiger partial charge is 0.191 e. The molecule has 1 aliphatic carbocycles. The van der Waals surface area contributed by atoms with E-state index in [0.717, 1.165) is 12.3 Å². The topological polar surface area (TPSA) is 50.9 Å². The molecule has 0 bridgehead atoms. The number of benzene rings is 1. The Kier molecular flexibility index (Phi) is 4.66. The van der Waals surface area contributed by atoms with Gasteiger partial charge in [0, 0.05) is 13.6 Å². The minimum atomic E-state index is 0.424. The summed E-state index contributed by atoms with van der Waals surface area (Å²) in [5.41, 5.74) is 7.23. The Morgan fingerprint density at radius 1 is 1.42 bits per heavy atom. The summed E-state index contributed by atoms with van der Waals surface area (Å²) in [4.78, 5) is 6.60. The lowest BCUT2D eigenvalue weighted by molar-refractivity contribution is 0.412. The van der Waals surface area contributed by atoms with Gasteiger partial charge in [-0.15, -0.1) is 0 Å². The lowest BCUT2D eigenvalue weighted by Crippen LogP contribution is -2.34. The van der Waals surface area contributed by atoms with Crippen LogP contribution in [0.2, 0.25) is 0 Å². The van der Waals surface area contributed by atoms with Crippen LogP contribution < -0.4 is 10.5 Å². The second kappa shape index (κ2) is 6.45. The van der Waals surface area contributed by atoms with Gasteiger partial charge < -0.3 is 15.4 Å². The van der Waals surface area contributed by atoms with Crippen molar-refractivity contribution in [2.24, 2.45) is 10.7 Å². The number of aliphatic imine (C=N–C) groups is 1. The molecule has 4 nitrogen and oxygen atoms in total. The summed E-state index contributed by atoms with van der Waals surface area (Å²) in [6.07, 6.45) is 4.91. The van der Waals surface area contributed by atoms with E-state index in [9.17, 15) is 0 Å². The molecule has 0 aromatic heterocycles. The highest BCUT2D eigenvalue weighted by Gasteiger charge is 2.15. The molecule has 1 fully saturated rings. The molecular weight excluding hydrogens is 238 g/mol. The molecule has 4 heteroatoms. The average Bonchev–Trinajstić information content (AvgIpc) is 2.91. The number of hydrogen-bond donors (Lipinski definition) is 1. The Bertz CT molecular complexity index is 439. The Balaban J connectivity index is 1.97. The molecule has 1 saturated carbocycles. The summed E-state index contributed by atoms with van der Waals surface area (Å²) in [5, 5.41) is 0. The molecule has 2 rings (SSSR count). The van der Waals surface area contributed by atoms with Gasteiger partial charge in [0.05, 0.1) is 13.2 Å². The van der Waals surface area contributed by atoms with Crippen LogP contribution in [0, 0.1) is 0 Å². The molecule has 1 aromatic carbocycles. The fourth-order valence-electron chi connectivity index (χ4n) is 2.44. The van der Waals surface area contributed by atoms with Crippen molar-refractivity contribution >= 4 is 5.96 Å². The largest absolute Gasteiger partial charge is 0.497 e. The van der Waals surface area contributed by atoms with Gasteiger partial charge in [-0.1, -0.05) is 25.0 Å². The highest BCUT2D eigenvalue weighted by atomic mass is 16.5. The molecule has 0 radical (unpaired) electrons. The predicted octanol–water partition coefficient (Wildman–Crippen LogP) is 2.38. The van der Waals surface area contributed by atoms with Crippen LogP contribution in [0.1, 0.15) is 31.2 Å². The molecule has 0 spiro atoms. The second-order valence-corrected chi connectivity index (χ2v) is 5.13. The zero-order valence-electron chi connectivity index (χ0n) is 11.8. The van der Waals surface area contributed by atoms with Crippen LogP contribution in [0.5, 0.6) is 5.75 Å². The van der Waals surface area contributed by atoms with Gasteiger partial charge in [0.2, 0.25) is 0 Å². The number of nitrogens with zero attached hydrogens (tertiary/aromatic N) is 2. The van der Waals surface area contributed by atoms with Crippen molar-refractivity contribution in [2.75, 3.05) is 14.2 Å². The number of ether oxygens (including phenoxy) is 1. The van der Waals surface area contributed by atoms with Gasteiger partial charge in [0.1, 0.15) is 5.75 Å². The van der Waals surface area contributed by atoms with E-state index in [4.69, 9.17) is 10.5 Å². The number of guanidine groups is 1. The normalized spacial score (nSPS) is 16.6. The highest BCUT2D eigenvalue weighted by molar-refractivity contribution is 5.78. The van der Waals surface area contributed by atoms with Crippen LogP contribution in [-0.2, 0) is 6.54 Å². The van der Waals surface area contributed by atoms with Crippen LogP contribution in [0.15, 0.2) is 29.3 Å². The molecule has 0 amide bonds. The van der Waals surface area contributed by atoms with E-state index >= 15 is 0 Å². The fourth-order valence-corrected chi connectivity index (χ4v) is 2.44. The molecule has 2 N–H and O–H groups in total. The van der Waals surface area contributed by atoms with Crippen molar-refractivity contribution in [3.8, 4) is 5.75 Å². The van der Waals surface area contributed by atoms with E-state index in [1.165, 1.54) is 31.2 Å². The molecule has 1 aliphatic rings. The first-order valence-electron chi connectivity index (χ1n) is 6.86. The molecule has 0 heterocycles. The first-order valence-corrected chi connectivity index (χ1v) is 6.86. The molecule has 0 atom stereocenters. The third-order valence-corrected chi connectivity index (χ3v) is 3.58. The monoisotopic (exact) mass is 261 g/mol. The van der Waals surface area contributed by atoms with Crippen LogP contribution in [0.25, 0.3) is 0 Å². The van der Waals surface area contributed by atoms with Gasteiger partial charge in [-0.05, 0) is 30.5 Å². The van der Waals surface area contributed by atoms with E-state index in [0.29, 0.717) is 12.0 Å². The first-order chi connectivity index (χ1) is 9.19. The Morgan fingerprint density at radius 2 is 2.16 bits per heavy atom. The molecule has 0 aliphatic heterocycles. The third kappa shape index (κ3) is 3.88.